The molecule has 30 valence electrons. The lowest BCUT2D eigenvalue weighted by atomic mass is 10.1. The highest BCUT2D eigenvalue weighted by molar-refractivity contribution is 4.70. The molecule has 1 atom stereocenters. The minimum atomic E-state index is 0.532. The van der Waals surface area contributed by atoms with Crippen LogP contribution in [0.1, 0.15) is 13.3 Å². The Balaban J connectivity index is 2.20. The van der Waals surface area contributed by atoms with Crippen molar-refractivity contribution in [3.05, 3.63) is 0 Å². The molecule has 1 heterocycles. The molecule has 0 aromatic rings. The van der Waals surface area contributed by atoms with Crippen LogP contribution in [0.4, 0.5) is 0 Å². The summed E-state index contributed by atoms with van der Waals surface area (Å²) in [6.07, 6.45) is 1.21. The zero-order valence-corrected chi connectivity index (χ0v) is 3.44. The summed E-state index contributed by atoms with van der Waals surface area (Å²) in [6.45, 7) is 3.04. The summed E-state index contributed by atoms with van der Waals surface area (Å²) in [5.74, 6) is 0. The van der Waals surface area contributed by atoms with E-state index in [4.69, 9.17) is 1.41 Å². The lowest BCUT2D eigenvalue weighted by molar-refractivity contribution is 0.399. The van der Waals surface area contributed by atoms with Crippen LogP contribution in [0.5, 0.6) is 0 Å². The molecule has 1 aliphatic heterocycles. The molecule has 1 heteroatoms. The van der Waals surface area contributed by atoms with Gasteiger partial charge in [-0.2, -0.15) is 0 Å². The van der Waals surface area contributed by atoms with E-state index in [1.54, 1.807) is 5.31 Å². The molecule has 0 aliphatic carbocycles. The predicted molar refractivity (Wildman–Crippen MR) is 22.1 cm³/mol. The van der Waals surface area contributed by atoms with Crippen molar-refractivity contribution in [3.63, 3.8) is 0 Å². The van der Waals surface area contributed by atoms with E-state index in [2.05, 4.69) is 6.92 Å². The monoisotopic (exact) mass is 72.1 g/mol. The molecule has 1 nitrogen and oxygen atoms in total. The van der Waals surface area contributed by atoms with Crippen LogP contribution < -0.4 is 5.31 Å². The Morgan fingerprint density at radius 2 is 2.80 bits per heavy atom. The van der Waals surface area contributed by atoms with E-state index in [1.807, 2.05) is 0 Å². The second-order valence-corrected chi connectivity index (χ2v) is 1.54. The van der Waals surface area contributed by atoms with Crippen molar-refractivity contribution >= 4 is 0 Å². The van der Waals surface area contributed by atoms with Gasteiger partial charge in [-0.25, -0.2) is 0 Å². The van der Waals surface area contributed by atoms with E-state index in [0.717, 1.165) is 6.54 Å². The molecule has 0 spiro atoms. The van der Waals surface area contributed by atoms with Gasteiger partial charge >= 0.3 is 0 Å². The van der Waals surface area contributed by atoms with Crippen LogP contribution in [0.3, 0.4) is 0 Å². The molecule has 0 aromatic heterocycles. The minimum absolute atomic E-state index is 0.532. The molecule has 0 unspecified atom stereocenters. The smallest absolute Gasteiger partial charge is 0.122 e. The fourth-order valence-electron chi connectivity index (χ4n) is 0.387. The van der Waals surface area contributed by atoms with Crippen molar-refractivity contribution in [1.82, 2.24) is 5.31 Å². The highest BCUT2D eigenvalue weighted by Gasteiger charge is 2.07. The van der Waals surface area contributed by atoms with Gasteiger partial charge in [0.2, 0.25) is 0 Å². The highest BCUT2D eigenvalue weighted by atomic mass is 15.0. The summed E-state index contributed by atoms with van der Waals surface area (Å²) < 4.78 is 6.95. The van der Waals surface area contributed by atoms with Crippen molar-refractivity contribution in [2.45, 2.75) is 19.4 Å². The summed E-state index contributed by atoms with van der Waals surface area (Å²) in [5.41, 5.74) is 0. The van der Waals surface area contributed by atoms with E-state index in [0.29, 0.717) is 6.04 Å². The first-order valence-corrected chi connectivity index (χ1v) is 2.06. The van der Waals surface area contributed by atoms with Gasteiger partial charge in [-0.05, 0) is 19.9 Å². The van der Waals surface area contributed by atoms with Gasteiger partial charge in [0.25, 0.3) is 0 Å². The zero-order valence-electron chi connectivity index (χ0n) is 4.44. The molecule has 1 N–H and O–H groups in total. The molecule has 5 heavy (non-hydrogen) atoms. The normalized spacial score (nSPS) is 43.4. The number of hydrogen-bond donors (Lipinski definition) is 1. The second kappa shape index (κ2) is 0.977. The first kappa shape index (κ1) is 2.19. The fourth-order valence-corrected chi connectivity index (χ4v) is 0.387. The van der Waals surface area contributed by atoms with Gasteiger partial charge in [0.15, 0.2) is 0 Å². The molecular weight excluding hydrogens is 62.1 g/mol. The lowest BCUT2D eigenvalue weighted by Crippen LogP contribution is -2.39. The van der Waals surface area contributed by atoms with Gasteiger partial charge in [0, 0.05) is 6.04 Å². The van der Waals surface area contributed by atoms with Crippen molar-refractivity contribution < 1.29 is 1.41 Å². The van der Waals surface area contributed by atoms with Crippen molar-refractivity contribution in [2.24, 2.45) is 0 Å². The quantitative estimate of drug-likeness (QED) is 0.436. The van der Waals surface area contributed by atoms with Crippen LogP contribution in [0.15, 0.2) is 0 Å². The minimum Gasteiger partial charge on any atom is -0.314 e. The molecule has 1 aliphatic rings. The SMILES string of the molecule is [2H]N1CC[C@H]1C. The third kappa shape index (κ3) is 0.428. The van der Waals surface area contributed by atoms with Crippen LogP contribution in [0, 0.1) is 0 Å². The lowest BCUT2D eigenvalue weighted by Gasteiger charge is -2.22. The molecule has 0 radical (unpaired) electrons. The maximum atomic E-state index is 6.95. The van der Waals surface area contributed by atoms with Crippen molar-refractivity contribution in [1.29, 1.82) is 0 Å². The first-order valence-electron chi connectivity index (χ1n) is 2.51. The van der Waals surface area contributed by atoms with Gasteiger partial charge in [0.05, 0.1) is 0 Å². The van der Waals surface area contributed by atoms with E-state index in [9.17, 15) is 0 Å². The summed E-state index contributed by atoms with van der Waals surface area (Å²) in [7, 11) is 0. The molecule has 1 saturated heterocycles. The molecule has 0 aromatic carbocycles. The molecule has 1 rings (SSSR count). The largest absolute Gasteiger partial charge is 0.314 e. The predicted octanol–water partition coefficient (Wildman–Crippen LogP) is 0.368. The maximum Gasteiger partial charge on any atom is 0.122 e. The topological polar surface area (TPSA) is 12.0 Å². The first-order chi connectivity index (χ1) is 2.80. The average Bonchev–Trinajstić information content (AvgIpc) is 1.61. The molecule has 0 bridgehead atoms. The van der Waals surface area contributed by atoms with Gasteiger partial charge in [0.1, 0.15) is 1.41 Å². The van der Waals surface area contributed by atoms with Gasteiger partial charge in [-0.15, -0.1) is 0 Å². The summed E-state index contributed by atoms with van der Waals surface area (Å²) >= 11 is 0. The van der Waals surface area contributed by atoms with Gasteiger partial charge < -0.3 is 5.31 Å². The average molecular weight is 72.1 g/mol. The number of hydrogen-bond acceptors (Lipinski definition) is 1. The van der Waals surface area contributed by atoms with Crippen molar-refractivity contribution in [2.75, 3.05) is 6.54 Å². The molecule has 0 saturated carbocycles. The third-order valence-corrected chi connectivity index (χ3v) is 0.988. The Morgan fingerprint density at radius 3 is 2.80 bits per heavy atom. The Hall–Kier alpha value is -0.0400. The summed E-state index contributed by atoms with van der Waals surface area (Å²) in [5, 5.41) is 1.60. The van der Waals surface area contributed by atoms with Crippen LogP contribution in [0.2, 0.25) is 1.41 Å². The van der Waals surface area contributed by atoms with Gasteiger partial charge in [-0.1, -0.05) is 0 Å². The number of nitrogens with one attached hydrogen (secondary N) is 1. The van der Waals surface area contributed by atoms with Crippen LogP contribution in [-0.4, -0.2) is 12.6 Å². The Labute approximate surface area is 33.8 Å². The van der Waals surface area contributed by atoms with E-state index >= 15 is 0 Å². The Morgan fingerprint density at radius 1 is 2.20 bits per heavy atom. The van der Waals surface area contributed by atoms with Crippen LogP contribution in [0.25, 0.3) is 0 Å². The van der Waals surface area contributed by atoms with E-state index < -0.39 is 0 Å². The van der Waals surface area contributed by atoms with E-state index in [1.165, 1.54) is 6.42 Å². The molecule has 0 amide bonds. The van der Waals surface area contributed by atoms with Crippen molar-refractivity contribution in [3.8, 4) is 0 Å². The van der Waals surface area contributed by atoms with Crippen LogP contribution in [-0.2, 0) is 0 Å². The fraction of sp³-hybridized carbons (Fsp3) is 1.00. The second-order valence-electron chi connectivity index (χ2n) is 1.54. The Kier molecular flexibility index (Phi) is 0.428. The number of rotatable bonds is 0. The maximum absolute atomic E-state index is 6.95. The zero-order chi connectivity index (χ0) is 4.57. The summed E-state index contributed by atoms with van der Waals surface area (Å²) in [4.78, 5) is 0. The summed E-state index contributed by atoms with van der Waals surface area (Å²) in [6, 6.07) is 0.532. The van der Waals surface area contributed by atoms with E-state index in [-0.39, 0.29) is 0 Å². The standard InChI is InChI=1S/C4H9N/c1-4-2-3-5-4/h4-5H,2-3H2,1H3/t4-/m1/s1/i/hD. The van der Waals surface area contributed by atoms with Gasteiger partial charge in [-0.3, -0.25) is 0 Å². The van der Waals surface area contributed by atoms with Crippen LogP contribution >= 0.6 is 0 Å². The highest BCUT2D eigenvalue weighted by Crippen LogP contribution is 1.96. The molecule has 1 fully saturated rings. The molecular formula is C4H9N. The Bertz CT molecular complexity index is 47.5. The third-order valence-electron chi connectivity index (χ3n) is 0.988.